The molecule has 2 fully saturated rings. The summed E-state index contributed by atoms with van der Waals surface area (Å²) < 4.78 is 10.1. The zero-order valence-electron chi connectivity index (χ0n) is 41.9. The number of β-lactam (4-membered cyclic amide) rings is 2. The number of hydrogen-bond acceptors (Lipinski definition) is 12. The molecule has 7 rings (SSSR count). The Morgan fingerprint density at radius 3 is 1.32 bits per heavy atom. The highest BCUT2D eigenvalue weighted by Gasteiger charge is 2.55. The molecule has 4 aliphatic rings. The lowest BCUT2D eigenvalue weighted by Crippen LogP contribution is -2.67. The van der Waals surface area contributed by atoms with Gasteiger partial charge < -0.3 is 29.3 Å². The maximum Gasteiger partial charge on any atom is 0.355 e. The molecule has 69 heavy (non-hydrogen) atoms. The number of rotatable bonds is 15. The molecule has 0 saturated carbocycles. The number of ether oxygens (including phenoxy) is 2. The number of esters is 2. The lowest BCUT2D eigenvalue weighted by atomic mass is 9.76. The number of benzene rings is 3. The van der Waals surface area contributed by atoms with Crippen LogP contribution in [0.5, 0.6) is 0 Å². The maximum atomic E-state index is 14.2. The van der Waals surface area contributed by atoms with Gasteiger partial charge in [0.25, 0.3) is 0 Å². The van der Waals surface area contributed by atoms with Crippen LogP contribution >= 0.6 is 6.89 Å². The van der Waals surface area contributed by atoms with Crippen molar-refractivity contribution in [1.82, 2.24) is 30.7 Å². The molecule has 0 radical (unpaired) electrons. The summed E-state index contributed by atoms with van der Waals surface area (Å²) in [7, 11) is 6.37. The summed E-state index contributed by atoms with van der Waals surface area (Å²) >= 11 is 0. The molecule has 0 spiro atoms. The Kier molecular flexibility index (Phi) is 19.9. The molecule has 4 heterocycles. The van der Waals surface area contributed by atoms with Gasteiger partial charge in [-0.05, 0) is 53.7 Å². The van der Waals surface area contributed by atoms with Crippen LogP contribution in [0.3, 0.4) is 0 Å². The van der Waals surface area contributed by atoms with Gasteiger partial charge >= 0.3 is 11.9 Å². The Bertz CT molecular complexity index is 2320. The Morgan fingerprint density at radius 1 is 0.609 bits per heavy atom. The van der Waals surface area contributed by atoms with Crippen LogP contribution in [0.4, 0.5) is 0 Å². The Hall–Kier alpha value is -6.34. The molecule has 2 unspecified atom stereocenters. The number of nitrogens with zero attached hydrogens (tertiary/aromatic N) is 4. The van der Waals surface area contributed by atoms with Gasteiger partial charge in [0.15, 0.2) is 11.6 Å². The van der Waals surface area contributed by atoms with Crippen LogP contribution in [-0.2, 0) is 38.2 Å². The predicted octanol–water partition coefficient (Wildman–Crippen LogP) is 5.38. The van der Waals surface area contributed by atoms with Crippen LogP contribution in [-0.4, -0.2) is 120 Å². The van der Waals surface area contributed by atoms with Crippen molar-refractivity contribution in [2.75, 3.05) is 34.9 Å². The van der Waals surface area contributed by atoms with Crippen LogP contribution in [0.15, 0.2) is 141 Å². The molecule has 15 heteroatoms. The molecule has 0 bridgehead atoms. The van der Waals surface area contributed by atoms with E-state index < -0.39 is 36.8 Å². The van der Waals surface area contributed by atoms with Gasteiger partial charge in [-0.15, -0.1) is 26.3 Å². The molecule has 0 aliphatic carbocycles. The number of Topliss-reactive ketones (excluding diaryl/α,β-unsaturated/α-hetero) is 2. The molecule has 6 atom stereocenters. The first-order chi connectivity index (χ1) is 33.0. The van der Waals surface area contributed by atoms with Crippen LogP contribution in [0.1, 0.15) is 54.4 Å². The number of allylic oxidation sites excluding steroid dienone is 2. The summed E-state index contributed by atoms with van der Waals surface area (Å²) in [6, 6.07) is 28.1. The summed E-state index contributed by atoms with van der Waals surface area (Å²) in [5, 5.41) is 6.40. The standard InChI is InChI=1S/C34H38N3O4P.C16H25N3O4.2C2H4/c1-23(2)31-29(22-30(38)28-21-24(3)36(4)35-28)37(32(31)39)33(34(40)41-5)42(25-15-9-6-10-16-25,26-17-11-7-12-18-26)27-19-13-8-14-20-27;1-9(2)15-12(19(16(15)22)8-14(21)23-5)7-13(20)11-6-10(3)18(4)17-11;2*1-2/h6-21,23,28-29,31,35H,22H2,1-5H3;6,9,11-12,15,17H,7-8H2,1-5H3;2*1-2H2/t28?,29-,31-;11?,12-,15-;;/m11../s1. The first-order valence-corrected chi connectivity index (χ1v) is 24.9. The van der Waals surface area contributed by atoms with Crippen molar-refractivity contribution in [3.63, 3.8) is 0 Å². The van der Waals surface area contributed by atoms with Gasteiger partial charge in [0, 0.05) is 45.2 Å². The van der Waals surface area contributed by atoms with Gasteiger partial charge in [0.05, 0.1) is 38.1 Å². The van der Waals surface area contributed by atoms with Crippen molar-refractivity contribution in [1.29, 1.82) is 0 Å². The van der Waals surface area contributed by atoms with Crippen molar-refractivity contribution >= 4 is 63.5 Å². The molecule has 3 aromatic rings. The van der Waals surface area contributed by atoms with E-state index in [1.807, 2.05) is 164 Å². The second-order valence-corrected chi connectivity index (χ2v) is 21.0. The van der Waals surface area contributed by atoms with Gasteiger partial charge in [-0.3, -0.25) is 24.0 Å². The first kappa shape index (κ1) is 55.3. The van der Waals surface area contributed by atoms with E-state index >= 15 is 0 Å². The first-order valence-electron chi connectivity index (χ1n) is 23.1. The molecule has 370 valence electrons. The van der Waals surface area contributed by atoms with Crippen molar-refractivity contribution in [2.24, 2.45) is 23.7 Å². The number of hydrogen-bond donors (Lipinski definition) is 2. The fourth-order valence-corrected chi connectivity index (χ4v) is 13.8. The SMILES string of the molecule is C=C.C=C.COC(=O)C(N1C(=O)[C@H](C(C)C)[C@H]1CC(=O)C1C=C(C)N(C)N1)=P(c1ccccc1)(c1ccccc1)c1ccccc1.COC(=O)CN1C(=O)[C@H](C(C)C)[C@H]1CC(=O)C1C=C(C)N(C)N1. The van der Waals surface area contributed by atoms with Crippen LogP contribution < -0.4 is 26.8 Å². The number of carbonyl (C=O) groups excluding carboxylic acids is 6. The third kappa shape index (κ3) is 11.6. The van der Waals surface area contributed by atoms with Crippen molar-refractivity contribution < 1.29 is 38.2 Å². The molecular weight excluding hydrogens is 892 g/mol. The quantitative estimate of drug-likeness (QED) is 0.0870. The highest BCUT2D eigenvalue weighted by molar-refractivity contribution is 7.96. The molecular formula is C54H71N6O8P. The summed E-state index contributed by atoms with van der Waals surface area (Å²) in [5.74, 6) is -1.77. The van der Waals surface area contributed by atoms with E-state index in [1.165, 1.54) is 19.1 Å². The minimum absolute atomic E-state index is 0.0140. The lowest BCUT2D eigenvalue weighted by molar-refractivity contribution is -0.167. The van der Waals surface area contributed by atoms with Crippen LogP contribution in [0.2, 0.25) is 0 Å². The molecule has 4 aliphatic heterocycles. The van der Waals surface area contributed by atoms with Crippen molar-refractivity contribution in [3.8, 4) is 0 Å². The Morgan fingerprint density at radius 2 is 0.986 bits per heavy atom. The maximum absolute atomic E-state index is 14.2. The topological polar surface area (TPSA) is 158 Å². The zero-order valence-corrected chi connectivity index (χ0v) is 42.8. The highest BCUT2D eigenvalue weighted by atomic mass is 31.2. The highest BCUT2D eigenvalue weighted by Crippen LogP contribution is 2.50. The van der Waals surface area contributed by atoms with Gasteiger partial charge in [-0.25, -0.2) is 15.6 Å². The summed E-state index contributed by atoms with van der Waals surface area (Å²) in [5.41, 5.74) is 8.52. The van der Waals surface area contributed by atoms with Crippen LogP contribution in [0, 0.1) is 23.7 Å². The fourth-order valence-electron chi connectivity index (χ4n) is 9.43. The molecule has 0 aromatic heterocycles. The minimum Gasteiger partial charge on any atom is -0.468 e. The summed E-state index contributed by atoms with van der Waals surface area (Å²) in [4.78, 5) is 81.4. The second-order valence-electron chi connectivity index (χ2n) is 17.7. The smallest absolute Gasteiger partial charge is 0.355 e. The van der Waals surface area contributed by atoms with E-state index in [9.17, 15) is 28.8 Å². The van der Waals surface area contributed by atoms with E-state index in [2.05, 4.69) is 41.9 Å². The van der Waals surface area contributed by atoms with Gasteiger partial charge in [0.1, 0.15) is 24.0 Å². The van der Waals surface area contributed by atoms with Gasteiger partial charge in [0.2, 0.25) is 11.8 Å². The summed E-state index contributed by atoms with van der Waals surface area (Å²) in [6.07, 6.45) is 4.12. The second kappa shape index (κ2) is 24.8. The third-order valence-electron chi connectivity index (χ3n) is 13.0. The minimum atomic E-state index is -2.98. The Balaban J connectivity index is 0.000000325. The molecule has 2 N–H and O–H groups in total. The number of methoxy groups -OCH3 is 2. The van der Waals surface area contributed by atoms with Gasteiger partial charge in [-0.2, -0.15) is 0 Å². The van der Waals surface area contributed by atoms with E-state index in [0.717, 1.165) is 27.3 Å². The number of hydrazine groups is 2. The van der Waals surface area contributed by atoms with Gasteiger partial charge in [-0.1, -0.05) is 119 Å². The Labute approximate surface area is 409 Å². The number of nitrogens with one attached hydrogen (secondary N) is 2. The lowest BCUT2D eigenvalue weighted by Gasteiger charge is -2.51. The average molecular weight is 963 g/mol. The summed E-state index contributed by atoms with van der Waals surface area (Å²) in [6.45, 7) is 20.7. The van der Waals surface area contributed by atoms with E-state index in [4.69, 9.17) is 4.74 Å². The zero-order chi connectivity index (χ0) is 51.3. The molecule has 14 nitrogen and oxygen atoms in total. The number of amides is 2. The normalized spacial score (nSPS) is 21.5. The van der Waals surface area contributed by atoms with Crippen LogP contribution in [0.25, 0.3) is 0 Å². The number of carbonyl (C=O) groups is 6. The molecule has 2 saturated heterocycles. The fraction of sp³-hybridized carbons (Fsp3) is 0.389. The molecule has 3 aromatic carbocycles. The van der Waals surface area contributed by atoms with E-state index in [-0.39, 0.29) is 72.6 Å². The number of ketones is 2. The van der Waals surface area contributed by atoms with E-state index in [1.54, 1.807) is 9.91 Å². The molecule has 2 amide bonds. The van der Waals surface area contributed by atoms with E-state index in [0.29, 0.717) is 5.42 Å². The monoisotopic (exact) mass is 963 g/mol. The number of likely N-dealkylation sites (tertiary alicyclic amines) is 2. The predicted molar refractivity (Wildman–Crippen MR) is 276 cm³/mol. The largest absolute Gasteiger partial charge is 0.468 e. The van der Waals surface area contributed by atoms with Crippen molar-refractivity contribution in [3.05, 3.63) is 141 Å². The average Bonchev–Trinajstić information content (AvgIpc) is 3.89. The van der Waals surface area contributed by atoms with Crippen molar-refractivity contribution in [2.45, 2.75) is 78.6 Å². The third-order valence-corrected chi connectivity index (χ3v) is 17.3.